The van der Waals surface area contributed by atoms with Crippen molar-refractivity contribution in [1.29, 1.82) is 5.26 Å². The molecule has 0 aromatic heterocycles. The lowest BCUT2D eigenvalue weighted by molar-refractivity contribution is -0.119. The third-order valence-electron chi connectivity index (χ3n) is 1.99. The summed E-state index contributed by atoms with van der Waals surface area (Å²) in [7, 11) is 1.42. The number of para-hydroxylation sites is 2. The van der Waals surface area contributed by atoms with Gasteiger partial charge in [0.1, 0.15) is 13.0 Å². The Morgan fingerprint density at radius 2 is 1.78 bits per heavy atom. The van der Waals surface area contributed by atoms with Crippen LogP contribution in [0.4, 0.5) is 11.4 Å². The van der Waals surface area contributed by atoms with E-state index < -0.39 is 5.91 Å². The zero-order valence-electron chi connectivity index (χ0n) is 9.90. The van der Waals surface area contributed by atoms with Crippen LogP contribution in [0.5, 0.6) is 0 Å². The molecule has 0 fully saturated rings. The molecule has 94 valence electrons. The number of nitrogens with zero attached hydrogens (tertiary/aromatic N) is 1. The summed E-state index contributed by atoms with van der Waals surface area (Å²) in [6.45, 7) is -0.0690. The molecule has 2 amide bonds. The second-order valence-corrected chi connectivity index (χ2v) is 3.41. The molecule has 2 N–H and O–H groups in total. The molecule has 0 heterocycles. The predicted molar refractivity (Wildman–Crippen MR) is 65.8 cm³/mol. The molecule has 18 heavy (non-hydrogen) atoms. The fourth-order valence-corrected chi connectivity index (χ4v) is 1.28. The molecule has 0 spiro atoms. The van der Waals surface area contributed by atoms with Gasteiger partial charge in [-0.25, -0.2) is 0 Å². The van der Waals surface area contributed by atoms with E-state index in [0.29, 0.717) is 11.4 Å². The molecule has 1 aromatic rings. The van der Waals surface area contributed by atoms with Crippen LogP contribution in [0.25, 0.3) is 0 Å². The summed E-state index contributed by atoms with van der Waals surface area (Å²) in [5.74, 6) is -0.745. The van der Waals surface area contributed by atoms with Crippen LogP contribution >= 0.6 is 0 Å². The zero-order valence-corrected chi connectivity index (χ0v) is 9.90. The quantitative estimate of drug-likeness (QED) is 0.815. The number of amides is 2. The lowest BCUT2D eigenvalue weighted by Crippen LogP contribution is -2.19. The molecule has 0 saturated carbocycles. The average molecular weight is 247 g/mol. The van der Waals surface area contributed by atoms with Crippen molar-refractivity contribution >= 4 is 23.2 Å². The highest BCUT2D eigenvalue weighted by Gasteiger charge is 2.08. The van der Waals surface area contributed by atoms with Crippen LogP contribution in [0.3, 0.4) is 0 Å². The van der Waals surface area contributed by atoms with Gasteiger partial charge >= 0.3 is 0 Å². The summed E-state index contributed by atoms with van der Waals surface area (Å²) in [6.07, 6.45) is -0.236. The highest BCUT2D eigenvalue weighted by molar-refractivity contribution is 6.00. The van der Waals surface area contributed by atoms with E-state index in [0.717, 1.165) is 0 Å². The first-order valence-electron chi connectivity index (χ1n) is 5.22. The molecular formula is C12H13N3O3. The van der Waals surface area contributed by atoms with Crippen molar-refractivity contribution in [3.8, 4) is 6.07 Å². The van der Waals surface area contributed by atoms with E-state index in [1.54, 1.807) is 30.3 Å². The van der Waals surface area contributed by atoms with Gasteiger partial charge in [0, 0.05) is 7.11 Å². The second-order valence-electron chi connectivity index (χ2n) is 3.41. The number of rotatable bonds is 5. The summed E-state index contributed by atoms with van der Waals surface area (Å²) in [4.78, 5) is 22.7. The number of anilines is 2. The van der Waals surface area contributed by atoms with Crippen LogP contribution in [0.15, 0.2) is 24.3 Å². The molecule has 0 aliphatic rings. The maximum Gasteiger partial charge on any atom is 0.250 e. The first-order chi connectivity index (χ1) is 8.67. The van der Waals surface area contributed by atoms with Gasteiger partial charge in [-0.05, 0) is 12.1 Å². The summed E-state index contributed by atoms with van der Waals surface area (Å²) in [6, 6.07) is 8.47. The second kappa shape index (κ2) is 7.04. The summed E-state index contributed by atoms with van der Waals surface area (Å²) >= 11 is 0. The Bertz CT molecular complexity index is 480. The van der Waals surface area contributed by atoms with Crippen LogP contribution in [-0.2, 0) is 14.3 Å². The van der Waals surface area contributed by atoms with Crippen molar-refractivity contribution in [3.05, 3.63) is 24.3 Å². The van der Waals surface area contributed by atoms with Gasteiger partial charge in [0.2, 0.25) is 11.8 Å². The van der Waals surface area contributed by atoms with E-state index >= 15 is 0 Å². The Balaban J connectivity index is 2.76. The van der Waals surface area contributed by atoms with Gasteiger partial charge in [-0.2, -0.15) is 5.26 Å². The summed E-state index contributed by atoms with van der Waals surface area (Å²) in [5, 5.41) is 13.5. The van der Waals surface area contributed by atoms with Crippen molar-refractivity contribution in [3.63, 3.8) is 0 Å². The van der Waals surface area contributed by atoms with Gasteiger partial charge in [0.15, 0.2) is 0 Å². The number of methoxy groups -OCH3 is 1. The Hall–Kier alpha value is -2.39. The van der Waals surface area contributed by atoms with E-state index in [2.05, 4.69) is 10.6 Å². The van der Waals surface area contributed by atoms with Crippen molar-refractivity contribution in [1.82, 2.24) is 0 Å². The Kier molecular flexibility index (Phi) is 5.35. The predicted octanol–water partition coefficient (Wildman–Crippen LogP) is 1.12. The van der Waals surface area contributed by atoms with Gasteiger partial charge in [-0.3, -0.25) is 9.59 Å². The Labute approximate surface area is 105 Å². The SMILES string of the molecule is COCC(=O)Nc1ccccc1NC(=O)CC#N. The number of carbonyl (C=O) groups excluding carboxylic acids is 2. The molecule has 1 aromatic carbocycles. The topological polar surface area (TPSA) is 91.2 Å². The average Bonchev–Trinajstić information content (AvgIpc) is 2.32. The van der Waals surface area contributed by atoms with Gasteiger partial charge in [-0.15, -0.1) is 0 Å². The molecule has 0 saturated heterocycles. The summed E-state index contributed by atoms with van der Waals surface area (Å²) in [5.41, 5.74) is 0.910. The van der Waals surface area contributed by atoms with Crippen LogP contribution in [0, 0.1) is 11.3 Å². The third kappa shape index (κ3) is 4.23. The number of carbonyl (C=O) groups is 2. The minimum absolute atomic E-state index is 0.0690. The highest BCUT2D eigenvalue weighted by Crippen LogP contribution is 2.20. The van der Waals surface area contributed by atoms with Crippen LogP contribution < -0.4 is 10.6 Å². The maximum atomic E-state index is 11.4. The van der Waals surface area contributed by atoms with Gasteiger partial charge in [-0.1, -0.05) is 12.1 Å². The number of hydrogen-bond acceptors (Lipinski definition) is 4. The summed E-state index contributed by atoms with van der Waals surface area (Å²) < 4.78 is 4.69. The van der Waals surface area contributed by atoms with E-state index in [1.165, 1.54) is 7.11 Å². The van der Waals surface area contributed by atoms with Gasteiger partial charge in [0.05, 0.1) is 17.4 Å². The molecular weight excluding hydrogens is 234 g/mol. The maximum absolute atomic E-state index is 11.4. The van der Waals surface area contributed by atoms with Gasteiger partial charge < -0.3 is 15.4 Å². The minimum Gasteiger partial charge on any atom is -0.375 e. The first kappa shape index (κ1) is 13.7. The fourth-order valence-electron chi connectivity index (χ4n) is 1.28. The lowest BCUT2D eigenvalue weighted by Gasteiger charge is -2.11. The van der Waals surface area contributed by atoms with Crippen LogP contribution in [-0.4, -0.2) is 25.5 Å². The molecule has 0 unspecified atom stereocenters. The number of nitrogens with one attached hydrogen (secondary N) is 2. The molecule has 0 aliphatic heterocycles. The number of benzene rings is 1. The first-order valence-corrected chi connectivity index (χ1v) is 5.22. The molecule has 6 nitrogen and oxygen atoms in total. The van der Waals surface area contributed by atoms with E-state index in [1.807, 2.05) is 0 Å². The van der Waals surface area contributed by atoms with Crippen molar-refractivity contribution in [2.45, 2.75) is 6.42 Å². The smallest absolute Gasteiger partial charge is 0.250 e. The van der Waals surface area contributed by atoms with Crippen molar-refractivity contribution in [2.24, 2.45) is 0 Å². The monoisotopic (exact) mass is 247 g/mol. The number of hydrogen-bond donors (Lipinski definition) is 2. The normalized spacial score (nSPS) is 9.33. The van der Waals surface area contributed by atoms with Crippen molar-refractivity contribution < 1.29 is 14.3 Å². The molecule has 0 radical (unpaired) electrons. The fraction of sp³-hybridized carbons (Fsp3) is 0.250. The largest absolute Gasteiger partial charge is 0.375 e. The molecule has 1 rings (SSSR count). The van der Waals surface area contributed by atoms with Crippen LogP contribution in [0.1, 0.15) is 6.42 Å². The number of ether oxygens (including phenoxy) is 1. The Morgan fingerprint density at radius 3 is 2.28 bits per heavy atom. The number of nitriles is 1. The molecule has 0 bridgehead atoms. The molecule has 0 aliphatic carbocycles. The van der Waals surface area contributed by atoms with Crippen molar-refractivity contribution in [2.75, 3.05) is 24.4 Å². The zero-order chi connectivity index (χ0) is 13.4. The molecule has 0 atom stereocenters. The van der Waals surface area contributed by atoms with Gasteiger partial charge in [0.25, 0.3) is 0 Å². The lowest BCUT2D eigenvalue weighted by atomic mass is 10.2. The van der Waals surface area contributed by atoms with E-state index in [-0.39, 0.29) is 18.9 Å². The minimum atomic E-state index is -0.425. The standard InChI is InChI=1S/C12H13N3O3/c1-18-8-12(17)15-10-5-3-2-4-9(10)14-11(16)6-7-13/h2-5H,6,8H2,1H3,(H,14,16)(H,15,17). The third-order valence-corrected chi connectivity index (χ3v) is 1.99. The van der Waals surface area contributed by atoms with Crippen LogP contribution in [0.2, 0.25) is 0 Å². The van der Waals surface area contributed by atoms with E-state index in [4.69, 9.17) is 10.00 Å². The van der Waals surface area contributed by atoms with E-state index in [9.17, 15) is 9.59 Å². The highest BCUT2D eigenvalue weighted by atomic mass is 16.5. The Morgan fingerprint density at radius 1 is 1.22 bits per heavy atom. The molecule has 6 heteroatoms.